The van der Waals surface area contributed by atoms with Crippen LogP contribution in [0.1, 0.15) is 21.5 Å². The average molecular weight is 492 g/mol. The van der Waals surface area contributed by atoms with E-state index >= 15 is 0 Å². The lowest BCUT2D eigenvalue weighted by atomic mass is 10.1. The quantitative estimate of drug-likeness (QED) is 0.590. The van der Waals surface area contributed by atoms with E-state index in [0.717, 1.165) is 12.1 Å². The maximum Gasteiger partial charge on any atom is 0.416 e. The zero-order chi connectivity index (χ0) is 21.5. The topological polar surface area (TPSA) is 83.5 Å². The van der Waals surface area contributed by atoms with Crippen LogP contribution in [0.3, 0.4) is 0 Å². The summed E-state index contributed by atoms with van der Waals surface area (Å²) in [5.41, 5.74) is -4.87. The van der Waals surface area contributed by atoms with E-state index in [1.165, 1.54) is 0 Å². The normalized spacial score (nSPS) is 12.7. The summed E-state index contributed by atoms with van der Waals surface area (Å²) in [4.78, 5) is 10.4. The summed E-state index contributed by atoms with van der Waals surface area (Å²) in [6.07, 6.45) is -10.3. The molecule has 0 heterocycles. The van der Waals surface area contributed by atoms with E-state index < -0.39 is 55.6 Å². The SMILES string of the molecule is O=C(O)c1cc(S(=O)(=O)Nc2cc(C(F)(F)F)cc(C(F)(F)F)c2)ccc1Br. The third kappa shape index (κ3) is 4.95. The van der Waals surface area contributed by atoms with Gasteiger partial charge in [0, 0.05) is 4.47 Å². The standard InChI is InChI=1S/C15H8BrF6NO4S/c16-12-2-1-10(6-11(12)13(24)25)28(26,27)23-9-4-7(14(17,18)19)3-8(5-9)15(20,21)22/h1-6,23H,(H,24,25). The molecule has 5 nitrogen and oxygen atoms in total. The van der Waals surface area contributed by atoms with Gasteiger partial charge in [-0.25, -0.2) is 13.2 Å². The van der Waals surface area contributed by atoms with Crippen molar-refractivity contribution < 1.29 is 44.7 Å². The Kier molecular flexibility index (Phi) is 5.72. The van der Waals surface area contributed by atoms with Crippen LogP contribution in [-0.2, 0) is 22.4 Å². The van der Waals surface area contributed by atoms with E-state index in [2.05, 4.69) is 15.9 Å². The molecule has 2 rings (SSSR count). The van der Waals surface area contributed by atoms with Crippen molar-refractivity contribution in [3.05, 3.63) is 57.6 Å². The number of carboxylic acids is 1. The molecule has 2 N–H and O–H groups in total. The lowest BCUT2D eigenvalue weighted by Crippen LogP contribution is -2.17. The zero-order valence-corrected chi connectivity index (χ0v) is 15.6. The monoisotopic (exact) mass is 491 g/mol. The number of carbonyl (C=O) groups is 1. The highest BCUT2D eigenvalue weighted by Gasteiger charge is 2.37. The molecule has 0 aliphatic heterocycles. The minimum Gasteiger partial charge on any atom is -0.478 e. The fraction of sp³-hybridized carbons (Fsp3) is 0.133. The molecule has 0 aromatic heterocycles. The second kappa shape index (κ2) is 7.28. The molecule has 0 saturated heterocycles. The number of nitrogens with one attached hydrogen (secondary N) is 1. The van der Waals surface area contributed by atoms with Crippen LogP contribution in [0, 0.1) is 0 Å². The van der Waals surface area contributed by atoms with Crippen LogP contribution in [0.4, 0.5) is 32.0 Å². The number of aromatic carboxylic acids is 1. The Morgan fingerprint density at radius 2 is 1.43 bits per heavy atom. The van der Waals surface area contributed by atoms with Gasteiger partial charge < -0.3 is 5.11 Å². The molecule has 0 spiro atoms. The van der Waals surface area contributed by atoms with Gasteiger partial charge in [0.15, 0.2) is 0 Å². The molecule has 28 heavy (non-hydrogen) atoms. The van der Waals surface area contributed by atoms with Crippen molar-refractivity contribution in [2.45, 2.75) is 17.2 Å². The molecule has 0 atom stereocenters. The number of sulfonamides is 1. The Hall–Kier alpha value is -2.28. The number of alkyl halides is 6. The van der Waals surface area contributed by atoms with Crippen molar-refractivity contribution in [1.29, 1.82) is 0 Å². The third-order valence-electron chi connectivity index (χ3n) is 3.32. The first-order chi connectivity index (χ1) is 12.6. The predicted octanol–water partition coefficient (Wildman–Crippen LogP) is 4.99. The first-order valence-electron chi connectivity index (χ1n) is 6.96. The maximum absolute atomic E-state index is 12.9. The highest BCUT2D eigenvalue weighted by Crippen LogP contribution is 2.38. The molecule has 0 aliphatic carbocycles. The summed E-state index contributed by atoms with van der Waals surface area (Å²) < 4.78 is 103. The fourth-order valence-corrected chi connectivity index (χ4v) is 3.55. The highest BCUT2D eigenvalue weighted by molar-refractivity contribution is 9.10. The van der Waals surface area contributed by atoms with Gasteiger partial charge in [0.25, 0.3) is 10.0 Å². The van der Waals surface area contributed by atoms with Gasteiger partial charge in [-0.3, -0.25) is 4.72 Å². The van der Waals surface area contributed by atoms with Gasteiger partial charge in [-0.05, 0) is 52.3 Å². The van der Waals surface area contributed by atoms with E-state index in [0.29, 0.717) is 6.07 Å². The zero-order valence-electron chi connectivity index (χ0n) is 13.2. The molecule has 0 unspecified atom stereocenters. The van der Waals surface area contributed by atoms with E-state index in [9.17, 15) is 39.6 Å². The van der Waals surface area contributed by atoms with Gasteiger partial charge in [0.2, 0.25) is 0 Å². The van der Waals surface area contributed by atoms with Crippen LogP contribution in [0.15, 0.2) is 45.8 Å². The number of benzene rings is 2. The average Bonchev–Trinajstić information content (AvgIpc) is 2.52. The number of rotatable bonds is 4. The molecular weight excluding hydrogens is 484 g/mol. The molecule has 0 radical (unpaired) electrons. The summed E-state index contributed by atoms with van der Waals surface area (Å²) in [5.74, 6) is -1.50. The minimum atomic E-state index is -5.16. The number of carboxylic acid groups (broad SMARTS) is 1. The Morgan fingerprint density at radius 1 is 0.929 bits per heavy atom. The molecule has 0 aliphatic rings. The number of halogens is 7. The lowest BCUT2D eigenvalue weighted by Gasteiger charge is -2.15. The molecule has 152 valence electrons. The Labute approximate surface area is 162 Å². The minimum absolute atomic E-state index is 0.0253. The molecule has 13 heteroatoms. The van der Waals surface area contributed by atoms with Crippen LogP contribution >= 0.6 is 15.9 Å². The second-order valence-corrected chi connectivity index (χ2v) is 7.88. The van der Waals surface area contributed by atoms with Gasteiger partial charge >= 0.3 is 18.3 Å². The van der Waals surface area contributed by atoms with Crippen LogP contribution in [0.25, 0.3) is 0 Å². The van der Waals surface area contributed by atoms with E-state index in [4.69, 9.17) is 5.11 Å². The molecule has 2 aromatic carbocycles. The van der Waals surface area contributed by atoms with Gasteiger partial charge in [0.1, 0.15) is 0 Å². The van der Waals surface area contributed by atoms with Gasteiger partial charge in [0.05, 0.1) is 27.3 Å². The van der Waals surface area contributed by atoms with E-state index in [-0.39, 0.29) is 22.7 Å². The molecule has 0 bridgehead atoms. The van der Waals surface area contributed by atoms with Gasteiger partial charge in [-0.2, -0.15) is 26.3 Å². The van der Waals surface area contributed by atoms with E-state index in [1.807, 2.05) is 0 Å². The summed E-state index contributed by atoms with van der Waals surface area (Å²) in [6, 6.07) is 2.93. The lowest BCUT2D eigenvalue weighted by molar-refractivity contribution is -0.143. The number of hydrogen-bond acceptors (Lipinski definition) is 3. The fourth-order valence-electron chi connectivity index (χ4n) is 2.06. The first kappa shape index (κ1) is 22.0. The van der Waals surface area contributed by atoms with Crippen LogP contribution < -0.4 is 4.72 Å². The van der Waals surface area contributed by atoms with Crippen molar-refractivity contribution in [2.75, 3.05) is 4.72 Å². The third-order valence-corrected chi connectivity index (χ3v) is 5.39. The summed E-state index contributed by atoms with van der Waals surface area (Å²) in [5, 5.41) is 9.00. The Balaban J connectivity index is 2.55. The van der Waals surface area contributed by atoms with Crippen molar-refractivity contribution in [2.24, 2.45) is 0 Å². The predicted molar refractivity (Wildman–Crippen MR) is 88.4 cm³/mol. The Bertz CT molecular complexity index is 1000. The first-order valence-corrected chi connectivity index (χ1v) is 9.24. The summed E-state index contributed by atoms with van der Waals surface area (Å²) in [6.45, 7) is 0. The molecule has 0 fully saturated rings. The van der Waals surface area contributed by atoms with Crippen LogP contribution in [0.5, 0.6) is 0 Å². The Morgan fingerprint density at radius 3 is 1.86 bits per heavy atom. The molecular formula is C15H8BrF6NO4S. The molecule has 0 amide bonds. The van der Waals surface area contributed by atoms with Crippen molar-refractivity contribution in [3.8, 4) is 0 Å². The van der Waals surface area contributed by atoms with Gasteiger partial charge in [-0.15, -0.1) is 0 Å². The van der Waals surface area contributed by atoms with Crippen molar-refractivity contribution in [3.63, 3.8) is 0 Å². The second-order valence-electron chi connectivity index (χ2n) is 5.35. The number of hydrogen-bond donors (Lipinski definition) is 2. The van der Waals surface area contributed by atoms with Crippen LogP contribution in [-0.4, -0.2) is 19.5 Å². The summed E-state index contributed by atoms with van der Waals surface area (Å²) in [7, 11) is -4.68. The maximum atomic E-state index is 12.9. The largest absolute Gasteiger partial charge is 0.478 e. The smallest absolute Gasteiger partial charge is 0.416 e. The van der Waals surface area contributed by atoms with Crippen molar-refractivity contribution >= 4 is 37.6 Å². The van der Waals surface area contributed by atoms with Gasteiger partial charge in [-0.1, -0.05) is 0 Å². The molecule has 0 saturated carbocycles. The molecule has 2 aromatic rings. The van der Waals surface area contributed by atoms with Crippen molar-refractivity contribution in [1.82, 2.24) is 0 Å². The van der Waals surface area contributed by atoms with E-state index in [1.54, 1.807) is 4.72 Å². The highest BCUT2D eigenvalue weighted by atomic mass is 79.9. The summed E-state index contributed by atoms with van der Waals surface area (Å²) >= 11 is 2.88. The number of anilines is 1. The van der Waals surface area contributed by atoms with Crippen LogP contribution in [0.2, 0.25) is 0 Å².